The van der Waals surface area contributed by atoms with E-state index in [-0.39, 0.29) is 5.82 Å². The van der Waals surface area contributed by atoms with E-state index in [4.69, 9.17) is 0 Å². The average molecular weight is 259 g/mol. The number of rotatable bonds is 1. The van der Waals surface area contributed by atoms with Gasteiger partial charge in [-0.15, -0.1) is 0 Å². The predicted molar refractivity (Wildman–Crippen MR) is 73.1 cm³/mol. The van der Waals surface area contributed by atoms with E-state index < -0.39 is 6.10 Å². The molecule has 1 aromatic carbocycles. The molecule has 1 atom stereocenters. The Kier molecular flexibility index (Phi) is 2.94. The average Bonchev–Trinajstić information content (AvgIpc) is 2.68. The summed E-state index contributed by atoms with van der Waals surface area (Å²) in [6.45, 7) is 3.89. The summed E-state index contributed by atoms with van der Waals surface area (Å²) in [6.07, 6.45) is 2.24. The third-order valence-electron chi connectivity index (χ3n) is 3.98. The Bertz CT molecular complexity index is 610. The fourth-order valence-electron chi connectivity index (χ4n) is 3.10. The van der Waals surface area contributed by atoms with Crippen molar-refractivity contribution in [3.8, 4) is 5.69 Å². The highest BCUT2D eigenvalue weighted by atomic mass is 19.1. The number of hydrogen-bond donors (Lipinski definition) is 1. The van der Waals surface area contributed by atoms with Crippen molar-refractivity contribution in [1.82, 2.24) is 4.57 Å². The Hall–Kier alpha value is -1.61. The third-order valence-corrected chi connectivity index (χ3v) is 3.98. The van der Waals surface area contributed by atoms with Crippen LogP contribution in [-0.4, -0.2) is 9.67 Å². The maximum absolute atomic E-state index is 14.2. The molecule has 1 unspecified atom stereocenters. The summed E-state index contributed by atoms with van der Waals surface area (Å²) in [5.74, 6) is -0.207. The highest BCUT2D eigenvalue weighted by molar-refractivity contribution is 5.48. The second-order valence-electron chi connectivity index (χ2n) is 5.34. The molecule has 0 saturated heterocycles. The minimum Gasteiger partial charge on any atom is -0.388 e. The molecule has 19 heavy (non-hydrogen) atoms. The Balaban J connectivity index is 2.26. The van der Waals surface area contributed by atoms with E-state index in [0.717, 1.165) is 41.8 Å². The molecule has 1 heterocycles. The van der Waals surface area contributed by atoms with E-state index in [1.54, 1.807) is 6.07 Å². The molecular formula is C16H18FNO. The second kappa shape index (κ2) is 4.49. The van der Waals surface area contributed by atoms with E-state index in [9.17, 15) is 9.50 Å². The van der Waals surface area contributed by atoms with Gasteiger partial charge in [0.2, 0.25) is 0 Å². The van der Waals surface area contributed by atoms with Crippen molar-refractivity contribution in [2.75, 3.05) is 0 Å². The molecule has 0 fully saturated rings. The molecule has 2 aromatic rings. The monoisotopic (exact) mass is 259 g/mol. The minimum atomic E-state index is -0.407. The summed E-state index contributed by atoms with van der Waals surface area (Å²) in [5.41, 5.74) is 4.55. The molecule has 1 aliphatic rings. The highest BCUT2D eigenvalue weighted by Gasteiger charge is 2.25. The lowest BCUT2D eigenvalue weighted by atomic mass is 9.95. The molecule has 0 spiro atoms. The van der Waals surface area contributed by atoms with Gasteiger partial charge in [0, 0.05) is 17.0 Å². The quantitative estimate of drug-likeness (QED) is 0.831. The van der Waals surface area contributed by atoms with E-state index in [1.165, 1.54) is 6.07 Å². The number of aryl methyl sites for hydroxylation is 2. The van der Waals surface area contributed by atoms with Gasteiger partial charge in [0.1, 0.15) is 5.82 Å². The summed E-state index contributed by atoms with van der Waals surface area (Å²) in [7, 11) is 0. The fraction of sp³-hybridized carbons (Fsp3) is 0.375. The molecule has 0 bridgehead atoms. The standard InChI is InChI=1S/C16H18FNO/c1-10-5-3-6-13(17)16(10)18-11(2)9-12-14(18)7-4-8-15(12)19/h3,5-6,9,15,19H,4,7-8H2,1-2H3. The van der Waals surface area contributed by atoms with Gasteiger partial charge in [-0.1, -0.05) is 12.1 Å². The Morgan fingerprint density at radius 3 is 2.84 bits per heavy atom. The molecule has 0 aliphatic heterocycles. The van der Waals surface area contributed by atoms with Crippen molar-refractivity contribution in [1.29, 1.82) is 0 Å². The number of halogens is 1. The van der Waals surface area contributed by atoms with Gasteiger partial charge in [-0.2, -0.15) is 0 Å². The molecular weight excluding hydrogens is 241 g/mol. The maximum Gasteiger partial charge on any atom is 0.147 e. The second-order valence-corrected chi connectivity index (χ2v) is 5.34. The SMILES string of the molecule is Cc1cccc(F)c1-n1c(C)cc2c1CCCC2O. The van der Waals surface area contributed by atoms with Crippen LogP contribution in [0.2, 0.25) is 0 Å². The highest BCUT2D eigenvalue weighted by Crippen LogP contribution is 2.35. The molecule has 0 amide bonds. The molecule has 1 aromatic heterocycles. The van der Waals surface area contributed by atoms with Crippen molar-refractivity contribution >= 4 is 0 Å². The topological polar surface area (TPSA) is 25.2 Å². The number of benzene rings is 1. The summed E-state index contributed by atoms with van der Waals surface area (Å²) in [6, 6.07) is 7.14. The lowest BCUT2D eigenvalue weighted by molar-refractivity contribution is 0.156. The first kappa shape index (κ1) is 12.4. The van der Waals surface area contributed by atoms with Crippen LogP contribution in [0.1, 0.15) is 41.5 Å². The van der Waals surface area contributed by atoms with E-state index in [0.29, 0.717) is 5.69 Å². The van der Waals surface area contributed by atoms with E-state index >= 15 is 0 Å². The van der Waals surface area contributed by atoms with Gasteiger partial charge in [0.15, 0.2) is 0 Å². The Morgan fingerprint density at radius 1 is 1.32 bits per heavy atom. The molecule has 3 rings (SSSR count). The van der Waals surface area contributed by atoms with Crippen LogP contribution < -0.4 is 0 Å². The molecule has 2 nitrogen and oxygen atoms in total. The van der Waals surface area contributed by atoms with Gasteiger partial charge in [-0.05, 0) is 50.8 Å². The van der Waals surface area contributed by atoms with Crippen LogP contribution in [0.4, 0.5) is 4.39 Å². The molecule has 3 heteroatoms. The fourth-order valence-corrected chi connectivity index (χ4v) is 3.10. The number of para-hydroxylation sites is 1. The molecule has 1 N–H and O–H groups in total. The van der Waals surface area contributed by atoms with Gasteiger partial charge in [-0.25, -0.2) is 4.39 Å². The van der Waals surface area contributed by atoms with E-state index in [2.05, 4.69) is 0 Å². The Labute approximate surface area is 112 Å². The van der Waals surface area contributed by atoms with Crippen LogP contribution in [-0.2, 0) is 6.42 Å². The number of aliphatic hydroxyl groups is 1. The number of fused-ring (bicyclic) bond motifs is 1. The number of aliphatic hydroxyl groups excluding tert-OH is 1. The van der Waals surface area contributed by atoms with Crippen LogP contribution in [0.25, 0.3) is 5.69 Å². The summed E-state index contributed by atoms with van der Waals surface area (Å²) >= 11 is 0. The van der Waals surface area contributed by atoms with Gasteiger partial charge in [0.25, 0.3) is 0 Å². The minimum absolute atomic E-state index is 0.207. The van der Waals surface area contributed by atoms with Crippen LogP contribution in [0.5, 0.6) is 0 Å². The van der Waals surface area contributed by atoms with Gasteiger partial charge in [-0.3, -0.25) is 0 Å². The first-order valence-electron chi connectivity index (χ1n) is 6.74. The largest absolute Gasteiger partial charge is 0.388 e. The molecule has 100 valence electrons. The smallest absolute Gasteiger partial charge is 0.147 e. The zero-order valence-corrected chi connectivity index (χ0v) is 11.3. The normalized spacial score (nSPS) is 18.4. The first-order chi connectivity index (χ1) is 9.09. The van der Waals surface area contributed by atoms with Crippen LogP contribution in [0.3, 0.4) is 0 Å². The number of aromatic nitrogens is 1. The van der Waals surface area contributed by atoms with Crippen molar-refractivity contribution < 1.29 is 9.50 Å². The van der Waals surface area contributed by atoms with Gasteiger partial charge < -0.3 is 9.67 Å². The van der Waals surface area contributed by atoms with Crippen LogP contribution in [0.15, 0.2) is 24.3 Å². The lowest BCUT2D eigenvalue weighted by Crippen LogP contribution is -2.13. The lowest BCUT2D eigenvalue weighted by Gasteiger charge is -2.21. The van der Waals surface area contributed by atoms with Crippen molar-refractivity contribution in [2.45, 2.75) is 39.2 Å². The molecule has 0 radical (unpaired) electrons. The van der Waals surface area contributed by atoms with Crippen molar-refractivity contribution in [3.63, 3.8) is 0 Å². The molecule has 1 aliphatic carbocycles. The summed E-state index contributed by atoms with van der Waals surface area (Å²) < 4.78 is 16.2. The van der Waals surface area contributed by atoms with Crippen LogP contribution in [0, 0.1) is 19.7 Å². The summed E-state index contributed by atoms with van der Waals surface area (Å²) in [4.78, 5) is 0. The van der Waals surface area contributed by atoms with Gasteiger partial charge >= 0.3 is 0 Å². The zero-order chi connectivity index (χ0) is 13.6. The Morgan fingerprint density at radius 2 is 2.11 bits per heavy atom. The van der Waals surface area contributed by atoms with E-state index in [1.807, 2.05) is 30.5 Å². The van der Waals surface area contributed by atoms with Crippen LogP contribution >= 0.6 is 0 Å². The number of hydrogen-bond acceptors (Lipinski definition) is 1. The van der Waals surface area contributed by atoms with Crippen molar-refractivity contribution in [3.05, 3.63) is 52.6 Å². The third kappa shape index (κ3) is 1.89. The predicted octanol–water partition coefficient (Wildman–Crippen LogP) is 3.60. The zero-order valence-electron chi connectivity index (χ0n) is 11.3. The number of nitrogens with zero attached hydrogens (tertiary/aromatic N) is 1. The molecule has 0 saturated carbocycles. The maximum atomic E-state index is 14.2. The van der Waals surface area contributed by atoms with Crippen molar-refractivity contribution in [2.24, 2.45) is 0 Å². The first-order valence-corrected chi connectivity index (χ1v) is 6.74. The van der Waals surface area contributed by atoms with Gasteiger partial charge in [0.05, 0.1) is 11.8 Å². The summed E-state index contributed by atoms with van der Waals surface area (Å²) in [5, 5.41) is 10.1.